The molecule has 0 amide bonds. The Labute approximate surface area is 115 Å². The number of alkyl halides is 3. The topological polar surface area (TPSA) is 31.4 Å². The van der Waals surface area contributed by atoms with Crippen molar-refractivity contribution in [2.75, 3.05) is 0 Å². The quantitative estimate of drug-likeness (QED) is 0.826. The lowest BCUT2D eigenvalue weighted by Crippen LogP contribution is -2.17. The maximum absolute atomic E-state index is 12.1. The Kier molecular flexibility index (Phi) is 3.94. The molecule has 0 N–H and O–H groups in total. The van der Waals surface area contributed by atoms with Crippen LogP contribution in [0, 0.1) is 0 Å². The Balaban J connectivity index is 2.15. The average molecular weight is 334 g/mol. The van der Waals surface area contributed by atoms with Crippen molar-refractivity contribution in [2.45, 2.75) is 6.36 Å². The van der Waals surface area contributed by atoms with Gasteiger partial charge in [0.1, 0.15) is 11.5 Å². The number of aromatic nitrogens is 1. The van der Waals surface area contributed by atoms with Crippen LogP contribution >= 0.6 is 15.9 Å². The maximum Gasteiger partial charge on any atom is 0.573 e. The highest BCUT2D eigenvalue weighted by Crippen LogP contribution is 2.34. The first-order chi connectivity index (χ1) is 8.94. The van der Waals surface area contributed by atoms with Gasteiger partial charge in [-0.15, -0.1) is 13.2 Å². The highest BCUT2D eigenvalue weighted by Gasteiger charge is 2.32. The van der Waals surface area contributed by atoms with Crippen LogP contribution in [0.15, 0.2) is 47.1 Å². The van der Waals surface area contributed by atoms with E-state index in [1.807, 2.05) is 0 Å². The summed E-state index contributed by atoms with van der Waals surface area (Å²) < 4.78 is 45.6. The highest BCUT2D eigenvalue weighted by molar-refractivity contribution is 9.10. The third kappa shape index (κ3) is 4.13. The Hall–Kier alpha value is -1.76. The van der Waals surface area contributed by atoms with E-state index in [0.29, 0.717) is 11.6 Å². The molecule has 1 aromatic carbocycles. The van der Waals surface area contributed by atoms with Gasteiger partial charge in [0.25, 0.3) is 0 Å². The van der Waals surface area contributed by atoms with Crippen LogP contribution < -0.4 is 9.47 Å². The van der Waals surface area contributed by atoms with E-state index in [4.69, 9.17) is 4.74 Å². The van der Waals surface area contributed by atoms with Gasteiger partial charge in [0.2, 0.25) is 5.88 Å². The van der Waals surface area contributed by atoms with Crippen LogP contribution in [-0.4, -0.2) is 11.3 Å². The van der Waals surface area contributed by atoms with Crippen molar-refractivity contribution in [3.05, 3.63) is 47.1 Å². The highest BCUT2D eigenvalue weighted by atomic mass is 79.9. The van der Waals surface area contributed by atoms with Crippen LogP contribution in [0.25, 0.3) is 0 Å². The molecular formula is C12H7BrF3NO2. The molecule has 1 heterocycles. The monoisotopic (exact) mass is 333 g/mol. The second-order valence-corrected chi connectivity index (χ2v) is 4.26. The molecule has 0 saturated carbocycles. The molecule has 0 fully saturated rings. The number of halogens is 4. The molecule has 0 radical (unpaired) electrons. The van der Waals surface area contributed by atoms with Gasteiger partial charge in [-0.1, -0.05) is 6.07 Å². The van der Waals surface area contributed by atoms with E-state index in [1.165, 1.54) is 12.1 Å². The largest absolute Gasteiger partial charge is 0.573 e. The summed E-state index contributed by atoms with van der Waals surface area (Å²) in [5.74, 6) is 0.361. The van der Waals surface area contributed by atoms with Gasteiger partial charge < -0.3 is 9.47 Å². The first-order valence-corrected chi connectivity index (χ1v) is 5.87. The molecule has 100 valence electrons. The van der Waals surface area contributed by atoms with E-state index in [0.717, 1.165) is 6.07 Å². The summed E-state index contributed by atoms with van der Waals surface area (Å²) in [7, 11) is 0. The zero-order valence-electron chi connectivity index (χ0n) is 9.32. The zero-order valence-corrected chi connectivity index (χ0v) is 10.9. The molecule has 0 atom stereocenters. The van der Waals surface area contributed by atoms with Gasteiger partial charge in [-0.05, 0) is 40.2 Å². The summed E-state index contributed by atoms with van der Waals surface area (Å²) in [4.78, 5) is 3.94. The van der Waals surface area contributed by atoms with Crippen molar-refractivity contribution >= 4 is 15.9 Å². The lowest BCUT2D eigenvalue weighted by molar-refractivity contribution is -0.274. The van der Waals surface area contributed by atoms with Gasteiger partial charge in [0.05, 0.1) is 4.47 Å². The molecule has 0 saturated heterocycles. The van der Waals surface area contributed by atoms with Crippen LogP contribution in [0.2, 0.25) is 0 Å². The number of benzene rings is 1. The molecule has 0 aliphatic carbocycles. The van der Waals surface area contributed by atoms with E-state index < -0.39 is 6.36 Å². The number of hydrogen-bond donors (Lipinski definition) is 0. The van der Waals surface area contributed by atoms with E-state index in [9.17, 15) is 13.2 Å². The molecular weight excluding hydrogens is 327 g/mol. The third-order valence-electron chi connectivity index (χ3n) is 1.99. The Bertz CT molecular complexity index is 561. The van der Waals surface area contributed by atoms with E-state index in [-0.39, 0.29) is 10.2 Å². The molecule has 19 heavy (non-hydrogen) atoms. The number of ether oxygens (including phenoxy) is 2. The maximum atomic E-state index is 12.1. The molecule has 0 spiro atoms. The van der Waals surface area contributed by atoms with Gasteiger partial charge >= 0.3 is 6.36 Å². The summed E-state index contributed by atoms with van der Waals surface area (Å²) >= 11 is 2.99. The summed E-state index contributed by atoms with van der Waals surface area (Å²) in [6.07, 6.45) is -3.18. The van der Waals surface area contributed by atoms with Crippen LogP contribution in [0.1, 0.15) is 0 Å². The minimum atomic E-state index is -4.73. The van der Waals surface area contributed by atoms with Crippen molar-refractivity contribution in [2.24, 2.45) is 0 Å². The number of hydrogen-bond acceptors (Lipinski definition) is 3. The molecule has 7 heteroatoms. The smallest absolute Gasteiger partial charge is 0.439 e. The normalized spacial score (nSPS) is 11.2. The standard InChI is InChI=1S/C12H7BrF3NO2/c13-9-7-8(18-11-3-1-2-6-17-11)4-5-10(9)19-12(14,15)16/h1-7H. The predicted molar refractivity (Wildman–Crippen MR) is 65.1 cm³/mol. The van der Waals surface area contributed by atoms with Crippen LogP contribution in [0.3, 0.4) is 0 Å². The van der Waals surface area contributed by atoms with Crippen LogP contribution in [-0.2, 0) is 0 Å². The summed E-state index contributed by atoms with van der Waals surface area (Å²) in [6, 6.07) is 8.99. The van der Waals surface area contributed by atoms with Crippen LogP contribution in [0.4, 0.5) is 13.2 Å². The number of rotatable bonds is 3. The second-order valence-electron chi connectivity index (χ2n) is 3.41. The molecule has 0 aliphatic heterocycles. The molecule has 0 aliphatic rings. The molecule has 0 unspecified atom stereocenters. The van der Waals surface area contributed by atoms with Gasteiger partial charge in [-0.2, -0.15) is 0 Å². The summed E-state index contributed by atoms with van der Waals surface area (Å²) in [5, 5.41) is 0. The average Bonchev–Trinajstić information content (AvgIpc) is 2.33. The van der Waals surface area contributed by atoms with Crippen molar-refractivity contribution < 1.29 is 22.6 Å². The molecule has 2 rings (SSSR count). The number of pyridine rings is 1. The third-order valence-corrected chi connectivity index (χ3v) is 2.61. The zero-order chi connectivity index (χ0) is 13.9. The Morgan fingerprint density at radius 1 is 1.11 bits per heavy atom. The van der Waals surface area contributed by atoms with E-state index in [1.54, 1.807) is 24.4 Å². The fourth-order valence-electron chi connectivity index (χ4n) is 1.28. The molecule has 1 aromatic heterocycles. The lowest BCUT2D eigenvalue weighted by Gasteiger charge is -2.11. The fraction of sp³-hybridized carbons (Fsp3) is 0.0833. The lowest BCUT2D eigenvalue weighted by atomic mass is 10.3. The summed E-state index contributed by atoms with van der Waals surface area (Å²) in [5.41, 5.74) is 0. The first kappa shape index (κ1) is 13.7. The van der Waals surface area contributed by atoms with Gasteiger partial charge in [0.15, 0.2) is 0 Å². The first-order valence-electron chi connectivity index (χ1n) is 5.08. The van der Waals surface area contributed by atoms with Gasteiger partial charge in [-0.3, -0.25) is 0 Å². The van der Waals surface area contributed by atoms with Crippen molar-refractivity contribution in [3.63, 3.8) is 0 Å². The van der Waals surface area contributed by atoms with Crippen molar-refractivity contribution in [1.82, 2.24) is 4.98 Å². The summed E-state index contributed by atoms with van der Waals surface area (Å²) in [6.45, 7) is 0. The fourth-order valence-corrected chi connectivity index (χ4v) is 1.72. The van der Waals surface area contributed by atoms with Gasteiger partial charge in [0, 0.05) is 12.3 Å². The minimum Gasteiger partial charge on any atom is -0.439 e. The predicted octanol–water partition coefficient (Wildman–Crippen LogP) is 4.54. The molecule has 3 nitrogen and oxygen atoms in total. The van der Waals surface area contributed by atoms with E-state index in [2.05, 4.69) is 25.7 Å². The van der Waals surface area contributed by atoms with Crippen LogP contribution in [0.5, 0.6) is 17.4 Å². The molecule has 2 aromatic rings. The Morgan fingerprint density at radius 2 is 1.89 bits per heavy atom. The second kappa shape index (κ2) is 5.48. The molecule has 0 bridgehead atoms. The van der Waals surface area contributed by atoms with Crippen molar-refractivity contribution in [3.8, 4) is 17.4 Å². The van der Waals surface area contributed by atoms with E-state index >= 15 is 0 Å². The SMILES string of the molecule is FC(F)(F)Oc1ccc(Oc2ccccn2)cc1Br. The minimum absolute atomic E-state index is 0.137. The Morgan fingerprint density at radius 3 is 2.47 bits per heavy atom. The van der Waals surface area contributed by atoms with Crippen molar-refractivity contribution in [1.29, 1.82) is 0 Å². The van der Waals surface area contributed by atoms with Gasteiger partial charge in [-0.25, -0.2) is 4.98 Å². The number of nitrogens with zero attached hydrogens (tertiary/aromatic N) is 1.